The lowest BCUT2D eigenvalue weighted by Crippen LogP contribution is -2.47. The molecule has 28 heavy (non-hydrogen) atoms. The Bertz CT molecular complexity index is 744. The fraction of sp³-hybridized carbons (Fsp3) is 0.111. The van der Waals surface area contributed by atoms with E-state index in [4.69, 9.17) is 21.7 Å². The number of hydrogen-bond donors (Lipinski definition) is 6. The number of nitrogens with two attached hydrogens (primary N) is 2. The summed E-state index contributed by atoms with van der Waals surface area (Å²) in [4.78, 5) is 43.3. The van der Waals surface area contributed by atoms with Crippen molar-refractivity contribution < 1.29 is 29.4 Å². The number of carbonyl (C=O) groups excluding carboxylic acids is 2. The van der Waals surface area contributed by atoms with Crippen LogP contribution in [0.25, 0.3) is 0 Å². The van der Waals surface area contributed by atoms with Crippen molar-refractivity contribution >= 4 is 23.8 Å². The lowest BCUT2D eigenvalue weighted by Gasteiger charge is -2.08. The summed E-state index contributed by atoms with van der Waals surface area (Å²) < 4.78 is 0. The van der Waals surface area contributed by atoms with Crippen LogP contribution in [-0.2, 0) is 9.59 Å². The van der Waals surface area contributed by atoms with Crippen molar-refractivity contribution in [1.29, 1.82) is 0 Å². The molecule has 0 fully saturated rings. The summed E-state index contributed by atoms with van der Waals surface area (Å²) in [5.41, 5.74) is 11.0. The third kappa shape index (κ3) is 7.64. The number of rotatable bonds is 6. The van der Waals surface area contributed by atoms with Crippen LogP contribution in [0.4, 0.5) is 0 Å². The van der Waals surface area contributed by atoms with Crippen LogP contribution in [0.15, 0.2) is 60.7 Å². The summed E-state index contributed by atoms with van der Waals surface area (Å²) in [6, 6.07) is 16.5. The molecule has 0 bridgehead atoms. The van der Waals surface area contributed by atoms with Gasteiger partial charge in [0.15, 0.2) is 12.3 Å². The first-order valence-electron chi connectivity index (χ1n) is 7.91. The highest BCUT2D eigenvalue weighted by molar-refractivity contribution is 5.96. The molecule has 2 aromatic carbocycles. The minimum absolute atomic E-state index is 0.379. The van der Waals surface area contributed by atoms with Crippen molar-refractivity contribution in [3.8, 4) is 0 Å². The van der Waals surface area contributed by atoms with Crippen molar-refractivity contribution in [1.82, 2.24) is 10.6 Å². The highest BCUT2D eigenvalue weighted by Gasteiger charge is 2.15. The van der Waals surface area contributed by atoms with Crippen LogP contribution in [0.3, 0.4) is 0 Å². The van der Waals surface area contributed by atoms with E-state index < -0.39 is 36.1 Å². The van der Waals surface area contributed by atoms with Gasteiger partial charge in [-0.25, -0.2) is 9.59 Å². The number of carboxylic acid groups (broad SMARTS) is 2. The zero-order valence-electron chi connectivity index (χ0n) is 14.6. The van der Waals surface area contributed by atoms with Crippen LogP contribution in [-0.4, -0.2) is 46.3 Å². The highest BCUT2D eigenvalue weighted by Crippen LogP contribution is 1.98. The maximum absolute atomic E-state index is 11.3. The van der Waals surface area contributed by atoms with Crippen LogP contribution in [0.2, 0.25) is 0 Å². The summed E-state index contributed by atoms with van der Waals surface area (Å²) in [6.07, 6.45) is -2.74. The van der Waals surface area contributed by atoms with Gasteiger partial charge >= 0.3 is 11.9 Å². The van der Waals surface area contributed by atoms with Crippen molar-refractivity contribution in [2.45, 2.75) is 12.3 Å². The first kappa shape index (κ1) is 22.3. The molecule has 2 atom stereocenters. The Hall–Kier alpha value is -3.76. The van der Waals surface area contributed by atoms with E-state index in [1.54, 1.807) is 60.7 Å². The van der Waals surface area contributed by atoms with Gasteiger partial charge in [0.25, 0.3) is 11.8 Å². The lowest BCUT2D eigenvalue weighted by atomic mass is 10.2. The lowest BCUT2D eigenvalue weighted by molar-refractivity contribution is -0.140. The smallest absolute Gasteiger partial charge is 0.341 e. The van der Waals surface area contributed by atoms with Crippen LogP contribution in [0.5, 0.6) is 0 Å². The summed E-state index contributed by atoms with van der Waals surface area (Å²) in [7, 11) is 0. The van der Waals surface area contributed by atoms with E-state index in [0.29, 0.717) is 11.1 Å². The van der Waals surface area contributed by atoms with E-state index in [-0.39, 0.29) is 0 Å². The summed E-state index contributed by atoms with van der Waals surface area (Å²) in [5.74, 6) is -3.54. The number of benzene rings is 2. The third-order valence-corrected chi connectivity index (χ3v) is 3.18. The van der Waals surface area contributed by atoms with Gasteiger partial charge in [-0.05, 0) is 24.3 Å². The monoisotopic (exact) mass is 388 g/mol. The fourth-order valence-electron chi connectivity index (χ4n) is 1.75. The Morgan fingerprint density at radius 2 is 0.929 bits per heavy atom. The predicted molar refractivity (Wildman–Crippen MR) is 99.0 cm³/mol. The van der Waals surface area contributed by atoms with Gasteiger partial charge in [0.05, 0.1) is 0 Å². The Morgan fingerprint density at radius 1 is 0.643 bits per heavy atom. The molecule has 2 aromatic rings. The van der Waals surface area contributed by atoms with Crippen LogP contribution < -0.4 is 22.1 Å². The highest BCUT2D eigenvalue weighted by atomic mass is 16.4. The Labute approximate surface area is 160 Å². The van der Waals surface area contributed by atoms with Gasteiger partial charge in [-0.3, -0.25) is 9.59 Å². The van der Waals surface area contributed by atoms with Gasteiger partial charge in [-0.1, -0.05) is 36.4 Å². The molecular weight excluding hydrogens is 368 g/mol. The molecule has 8 N–H and O–H groups in total. The van der Waals surface area contributed by atoms with E-state index in [0.717, 1.165) is 0 Å². The van der Waals surface area contributed by atoms with Crippen LogP contribution >= 0.6 is 0 Å². The molecule has 2 amide bonds. The largest absolute Gasteiger partial charge is 0.479 e. The van der Waals surface area contributed by atoms with Crippen LogP contribution in [0.1, 0.15) is 20.7 Å². The zero-order chi connectivity index (χ0) is 21.1. The van der Waals surface area contributed by atoms with Gasteiger partial charge in [0, 0.05) is 11.1 Å². The summed E-state index contributed by atoms with van der Waals surface area (Å²) >= 11 is 0. The predicted octanol–water partition coefficient (Wildman–Crippen LogP) is -0.428. The number of amides is 2. The molecule has 0 radical (unpaired) electrons. The minimum atomic E-state index is -1.37. The van der Waals surface area contributed by atoms with E-state index in [9.17, 15) is 19.2 Å². The molecule has 2 unspecified atom stereocenters. The molecule has 0 aliphatic rings. The molecule has 2 rings (SSSR count). The minimum Gasteiger partial charge on any atom is -0.479 e. The van der Waals surface area contributed by atoms with Gasteiger partial charge in [-0.15, -0.1) is 0 Å². The first-order chi connectivity index (χ1) is 13.2. The number of aliphatic carboxylic acids is 2. The molecule has 0 aliphatic heterocycles. The van der Waals surface area contributed by atoms with E-state index >= 15 is 0 Å². The Balaban J connectivity index is 0.000000280. The Morgan fingerprint density at radius 3 is 1.18 bits per heavy atom. The van der Waals surface area contributed by atoms with Gasteiger partial charge in [0.1, 0.15) is 0 Å². The number of carboxylic acids is 2. The van der Waals surface area contributed by atoms with Crippen molar-refractivity contribution in [3.05, 3.63) is 71.8 Å². The van der Waals surface area contributed by atoms with E-state index in [1.807, 2.05) is 0 Å². The number of carbonyl (C=O) groups is 4. The van der Waals surface area contributed by atoms with Crippen molar-refractivity contribution in [2.75, 3.05) is 0 Å². The van der Waals surface area contributed by atoms with Crippen molar-refractivity contribution in [2.24, 2.45) is 11.5 Å². The third-order valence-electron chi connectivity index (χ3n) is 3.18. The van der Waals surface area contributed by atoms with Crippen molar-refractivity contribution in [3.63, 3.8) is 0 Å². The maximum Gasteiger partial charge on any atom is 0.341 e. The molecule has 0 aliphatic carbocycles. The SMILES string of the molecule is NC(NC(=O)c1ccccc1)C(=O)O.NC(NC(=O)c1ccccc1)C(=O)O. The summed E-state index contributed by atoms with van der Waals surface area (Å²) in [6.45, 7) is 0. The molecule has 0 spiro atoms. The normalized spacial score (nSPS) is 11.8. The standard InChI is InChI=1S/2C9H10N2O3/c2*10-7(9(13)14)11-8(12)6-4-2-1-3-5-6/h2*1-5,7H,10H2,(H,11,12)(H,13,14). The van der Waals surface area contributed by atoms with E-state index in [1.165, 1.54) is 0 Å². The van der Waals surface area contributed by atoms with E-state index in [2.05, 4.69) is 10.6 Å². The average molecular weight is 388 g/mol. The fourth-order valence-corrected chi connectivity index (χ4v) is 1.75. The zero-order valence-corrected chi connectivity index (χ0v) is 14.6. The van der Waals surface area contributed by atoms with Gasteiger partial charge in [-0.2, -0.15) is 0 Å². The Kier molecular flexibility index (Phi) is 8.80. The molecule has 0 saturated carbocycles. The second kappa shape index (κ2) is 11.1. The first-order valence-corrected chi connectivity index (χ1v) is 7.91. The second-order valence-corrected chi connectivity index (χ2v) is 5.31. The number of nitrogens with one attached hydrogen (secondary N) is 2. The molecule has 0 saturated heterocycles. The number of hydrogen-bond acceptors (Lipinski definition) is 6. The average Bonchev–Trinajstić information content (AvgIpc) is 2.69. The van der Waals surface area contributed by atoms with Gasteiger partial charge < -0.3 is 32.3 Å². The molecule has 0 heterocycles. The molecule has 10 nitrogen and oxygen atoms in total. The topological polar surface area (TPSA) is 185 Å². The quantitative estimate of drug-likeness (QED) is 0.360. The molecule has 10 heteroatoms. The molecular formula is C18H20N4O6. The summed E-state index contributed by atoms with van der Waals surface area (Å²) in [5, 5.41) is 21.1. The molecule has 0 aromatic heterocycles. The van der Waals surface area contributed by atoms with Gasteiger partial charge in [0.2, 0.25) is 0 Å². The second-order valence-electron chi connectivity index (χ2n) is 5.31. The maximum atomic E-state index is 11.3. The molecule has 148 valence electrons. The van der Waals surface area contributed by atoms with Crippen LogP contribution in [0, 0.1) is 0 Å².